The van der Waals surface area contributed by atoms with Crippen molar-refractivity contribution in [3.05, 3.63) is 96.3 Å². The second-order valence-electron chi connectivity index (χ2n) is 9.68. The number of carbonyl (C=O) groups excluding carboxylic acids is 2. The summed E-state index contributed by atoms with van der Waals surface area (Å²) in [4.78, 5) is 25.3. The normalized spacial score (nSPS) is 11.6. The van der Waals surface area contributed by atoms with E-state index in [1.165, 1.54) is 43.0 Å². The second-order valence-corrected chi connectivity index (χ2v) is 9.68. The van der Waals surface area contributed by atoms with Crippen molar-refractivity contribution >= 4 is 17.6 Å². The Kier molecular flexibility index (Phi) is 7.59. The molecule has 1 aliphatic heterocycles. The molecule has 6 rings (SSSR count). The van der Waals surface area contributed by atoms with Gasteiger partial charge in [0, 0.05) is 29.8 Å². The van der Waals surface area contributed by atoms with Crippen molar-refractivity contribution in [2.24, 2.45) is 0 Å². The highest BCUT2D eigenvalue weighted by molar-refractivity contribution is 6.05. The Bertz CT molecular complexity index is 1870. The smallest absolute Gasteiger partial charge is 0.309 e. The molecule has 1 amide bonds. The molecule has 0 saturated heterocycles. The SMILES string of the molecule is COc1ccc(-c2nn(-c3ccc(F)cc3)c(OC(C)=O)c2-c2ccc(NC(=O)c3ccc4c(c3)OCO4)cc2)c(OC)c1. The molecule has 222 valence electrons. The fourth-order valence-corrected chi connectivity index (χ4v) is 4.79. The Balaban J connectivity index is 1.44. The van der Waals surface area contributed by atoms with Crippen molar-refractivity contribution in [3.63, 3.8) is 0 Å². The molecular formula is C33H26FN3O7. The summed E-state index contributed by atoms with van der Waals surface area (Å²) in [6, 6.07) is 22.9. The fourth-order valence-electron chi connectivity index (χ4n) is 4.79. The van der Waals surface area contributed by atoms with E-state index < -0.39 is 11.8 Å². The largest absolute Gasteiger partial charge is 0.497 e. The molecule has 0 atom stereocenters. The lowest BCUT2D eigenvalue weighted by molar-refractivity contribution is -0.132. The molecule has 4 aromatic carbocycles. The van der Waals surface area contributed by atoms with Gasteiger partial charge in [-0.1, -0.05) is 12.1 Å². The zero-order valence-corrected chi connectivity index (χ0v) is 23.9. The first-order valence-corrected chi connectivity index (χ1v) is 13.5. The van der Waals surface area contributed by atoms with Crippen molar-refractivity contribution in [2.75, 3.05) is 26.3 Å². The van der Waals surface area contributed by atoms with Crippen LogP contribution < -0.4 is 29.0 Å². The summed E-state index contributed by atoms with van der Waals surface area (Å²) >= 11 is 0. The fraction of sp³-hybridized carbons (Fsp3) is 0.121. The summed E-state index contributed by atoms with van der Waals surface area (Å²) in [5.41, 5.74) is 3.53. The average molecular weight is 596 g/mol. The Hall–Kier alpha value is -5.84. The number of nitrogens with zero attached hydrogens (tertiary/aromatic N) is 2. The highest BCUT2D eigenvalue weighted by Crippen LogP contribution is 2.44. The molecule has 1 aliphatic rings. The van der Waals surface area contributed by atoms with E-state index in [0.717, 1.165) is 0 Å². The quantitative estimate of drug-likeness (QED) is 0.209. The molecule has 0 radical (unpaired) electrons. The van der Waals surface area contributed by atoms with Gasteiger partial charge in [-0.05, 0) is 72.3 Å². The number of rotatable bonds is 8. The van der Waals surface area contributed by atoms with Gasteiger partial charge in [0.05, 0.1) is 25.5 Å². The minimum atomic E-state index is -0.574. The van der Waals surface area contributed by atoms with Gasteiger partial charge in [0.1, 0.15) is 23.0 Å². The van der Waals surface area contributed by atoms with Gasteiger partial charge in [-0.2, -0.15) is 9.78 Å². The van der Waals surface area contributed by atoms with Crippen LogP contribution in [0.3, 0.4) is 0 Å². The third-order valence-corrected chi connectivity index (χ3v) is 6.88. The molecule has 11 heteroatoms. The van der Waals surface area contributed by atoms with Crippen molar-refractivity contribution in [2.45, 2.75) is 6.92 Å². The number of fused-ring (bicyclic) bond motifs is 1. The molecule has 5 aromatic rings. The number of nitrogens with one attached hydrogen (secondary N) is 1. The monoisotopic (exact) mass is 595 g/mol. The number of aromatic nitrogens is 2. The van der Waals surface area contributed by atoms with Gasteiger partial charge in [0.2, 0.25) is 12.7 Å². The summed E-state index contributed by atoms with van der Waals surface area (Å²) in [5, 5.41) is 7.69. The van der Waals surface area contributed by atoms with Crippen molar-refractivity contribution < 1.29 is 37.7 Å². The van der Waals surface area contributed by atoms with Gasteiger partial charge < -0.3 is 29.0 Å². The highest BCUT2D eigenvalue weighted by Gasteiger charge is 2.27. The molecule has 0 spiro atoms. The molecule has 0 saturated carbocycles. The van der Waals surface area contributed by atoms with Gasteiger partial charge in [0.25, 0.3) is 5.91 Å². The van der Waals surface area contributed by atoms with E-state index in [4.69, 9.17) is 28.8 Å². The molecule has 44 heavy (non-hydrogen) atoms. The van der Waals surface area contributed by atoms with Crippen LogP contribution in [-0.4, -0.2) is 42.7 Å². The molecular weight excluding hydrogens is 569 g/mol. The number of benzene rings is 4. The van der Waals surface area contributed by atoms with E-state index in [-0.39, 0.29) is 18.6 Å². The van der Waals surface area contributed by atoms with Crippen molar-refractivity contribution in [3.8, 4) is 56.9 Å². The van der Waals surface area contributed by atoms with Crippen LogP contribution in [0.5, 0.6) is 28.9 Å². The molecule has 0 aliphatic carbocycles. The molecule has 1 N–H and O–H groups in total. The minimum absolute atomic E-state index is 0.110. The standard InChI is InChI=1S/C33H26FN3O7/c1-19(38)44-33-30(20-4-9-23(10-5-20)35-32(39)21-6-15-27-29(16-21)43-18-42-27)31(26-14-13-25(40-2)17-28(26)41-3)36-37(33)24-11-7-22(34)8-12-24/h4-17H,18H2,1-3H3,(H,35,39). The molecule has 2 heterocycles. The Morgan fingerprint density at radius 3 is 2.34 bits per heavy atom. The van der Waals surface area contributed by atoms with Crippen LogP contribution in [0.2, 0.25) is 0 Å². The van der Waals surface area contributed by atoms with Crippen LogP contribution in [0.1, 0.15) is 17.3 Å². The van der Waals surface area contributed by atoms with Gasteiger partial charge in [-0.15, -0.1) is 0 Å². The van der Waals surface area contributed by atoms with Crippen LogP contribution in [0.4, 0.5) is 10.1 Å². The number of halogens is 1. The average Bonchev–Trinajstić information content (AvgIpc) is 3.65. The predicted octanol–water partition coefficient (Wildman–Crippen LogP) is 6.27. The topological polar surface area (TPSA) is 110 Å². The lowest BCUT2D eigenvalue weighted by atomic mass is 10.00. The van der Waals surface area contributed by atoms with Crippen LogP contribution in [0.25, 0.3) is 28.1 Å². The van der Waals surface area contributed by atoms with E-state index in [1.807, 2.05) is 0 Å². The maximum absolute atomic E-state index is 13.8. The zero-order valence-electron chi connectivity index (χ0n) is 23.9. The molecule has 1 aromatic heterocycles. The second kappa shape index (κ2) is 11.8. The third-order valence-electron chi connectivity index (χ3n) is 6.88. The Labute approximate surface area is 251 Å². The van der Waals surface area contributed by atoms with E-state index >= 15 is 0 Å². The van der Waals surface area contributed by atoms with E-state index in [1.54, 1.807) is 67.8 Å². The number of anilines is 1. The minimum Gasteiger partial charge on any atom is -0.497 e. The highest BCUT2D eigenvalue weighted by atomic mass is 19.1. The number of methoxy groups -OCH3 is 2. The summed E-state index contributed by atoms with van der Waals surface area (Å²) in [6.07, 6.45) is 0. The van der Waals surface area contributed by atoms with Crippen molar-refractivity contribution in [1.82, 2.24) is 9.78 Å². The molecule has 0 unspecified atom stereocenters. The van der Waals surface area contributed by atoms with Gasteiger partial charge in [-0.3, -0.25) is 9.59 Å². The first-order valence-electron chi connectivity index (χ1n) is 13.5. The number of amides is 1. The van der Waals surface area contributed by atoms with Gasteiger partial charge in [0.15, 0.2) is 11.5 Å². The maximum atomic E-state index is 13.8. The number of esters is 1. The number of ether oxygens (including phenoxy) is 5. The van der Waals surface area contributed by atoms with E-state index in [2.05, 4.69) is 5.32 Å². The van der Waals surface area contributed by atoms with Crippen LogP contribution in [-0.2, 0) is 4.79 Å². The van der Waals surface area contributed by atoms with Crippen LogP contribution >= 0.6 is 0 Å². The summed E-state index contributed by atoms with van der Waals surface area (Å²) < 4.78 is 42.7. The number of hydrogen-bond acceptors (Lipinski definition) is 8. The molecule has 0 bridgehead atoms. The van der Waals surface area contributed by atoms with Crippen LogP contribution in [0.15, 0.2) is 84.9 Å². The Morgan fingerprint density at radius 2 is 1.64 bits per heavy atom. The zero-order chi connectivity index (χ0) is 30.8. The molecule has 0 fully saturated rings. The Morgan fingerprint density at radius 1 is 0.886 bits per heavy atom. The predicted molar refractivity (Wildman–Crippen MR) is 159 cm³/mol. The van der Waals surface area contributed by atoms with Gasteiger partial charge >= 0.3 is 5.97 Å². The number of hydrogen-bond donors (Lipinski definition) is 1. The van der Waals surface area contributed by atoms with Crippen molar-refractivity contribution in [1.29, 1.82) is 0 Å². The lowest BCUT2D eigenvalue weighted by Crippen LogP contribution is -2.11. The maximum Gasteiger partial charge on any atom is 0.309 e. The first kappa shape index (κ1) is 28.3. The van der Waals surface area contributed by atoms with E-state index in [9.17, 15) is 14.0 Å². The molecule has 10 nitrogen and oxygen atoms in total. The lowest BCUT2D eigenvalue weighted by Gasteiger charge is -2.12. The summed E-state index contributed by atoms with van der Waals surface area (Å²) in [6.45, 7) is 1.40. The third kappa shape index (κ3) is 5.50. The number of carbonyl (C=O) groups is 2. The van der Waals surface area contributed by atoms with Crippen LogP contribution in [0, 0.1) is 5.82 Å². The first-order chi connectivity index (χ1) is 21.3. The summed E-state index contributed by atoms with van der Waals surface area (Å²) in [7, 11) is 3.08. The van der Waals surface area contributed by atoms with Gasteiger partial charge in [-0.25, -0.2) is 4.39 Å². The summed E-state index contributed by atoms with van der Waals surface area (Å²) in [5.74, 6) is 0.925. The van der Waals surface area contributed by atoms with E-state index in [0.29, 0.717) is 62.3 Å².